The monoisotopic (exact) mass is 386 g/mol. The maximum absolute atomic E-state index is 12.4. The first-order valence-corrected chi connectivity index (χ1v) is 9.82. The first kappa shape index (κ1) is 18.7. The molecule has 130 valence electrons. The molecule has 2 rings (SSSR count). The van der Waals surface area contributed by atoms with Crippen LogP contribution in [0.15, 0.2) is 4.34 Å². The molecule has 1 unspecified atom stereocenters. The van der Waals surface area contributed by atoms with Gasteiger partial charge in [0.05, 0.1) is 5.25 Å². The lowest BCUT2D eigenvalue weighted by atomic mass is 10.2. The van der Waals surface area contributed by atoms with Crippen LogP contribution in [0.3, 0.4) is 0 Å². The summed E-state index contributed by atoms with van der Waals surface area (Å²) in [5.41, 5.74) is 0. The number of nitrogens with zero attached hydrogens (tertiary/aromatic N) is 4. The molecule has 0 aliphatic heterocycles. The Kier molecular flexibility index (Phi) is 6.63. The molecule has 2 amide bonds. The van der Waals surface area contributed by atoms with E-state index >= 15 is 0 Å². The first-order chi connectivity index (χ1) is 11.4. The minimum atomic E-state index is -0.325. The molecule has 0 saturated carbocycles. The minimum absolute atomic E-state index is 0.148. The van der Waals surface area contributed by atoms with Crippen LogP contribution in [0.4, 0.5) is 10.3 Å². The van der Waals surface area contributed by atoms with Gasteiger partial charge in [0.25, 0.3) is 0 Å². The van der Waals surface area contributed by atoms with Crippen molar-refractivity contribution in [2.24, 2.45) is 0 Å². The number of nitrogens with one attached hydrogen (secondary N) is 2. The van der Waals surface area contributed by atoms with Gasteiger partial charge < -0.3 is 5.32 Å². The smallest absolute Gasteiger partial charge is 0.239 e. The van der Waals surface area contributed by atoms with Gasteiger partial charge in [0.1, 0.15) is 5.01 Å². The zero-order valence-electron chi connectivity index (χ0n) is 13.7. The summed E-state index contributed by atoms with van der Waals surface area (Å²) in [6, 6.07) is 0. The lowest BCUT2D eigenvalue weighted by Gasteiger charge is -2.10. The Morgan fingerprint density at radius 1 is 1.08 bits per heavy atom. The molecular weight excluding hydrogens is 368 g/mol. The molecule has 2 aromatic heterocycles. The standard InChI is InChI=1S/C13H18N6O2S3/c1-5-8(22-13-19-18-11(24-13)14-7(4)20)9(21)15-12-17-16-10(23-12)6(2)3/h6,8H,5H2,1-4H3,(H,14,18,20)(H,15,17,21). The van der Waals surface area contributed by atoms with E-state index in [1.54, 1.807) is 0 Å². The molecule has 0 fully saturated rings. The summed E-state index contributed by atoms with van der Waals surface area (Å²) in [5, 5.41) is 22.8. The normalized spacial score (nSPS) is 12.2. The predicted octanol–water partition coefficient (Wildman–Crippen LogP) is 2.98. The summed E-state index contributed by atoms with van der Waals surface area (Å²) in [6.45, 7) is 7.38. The minimum Gasteiger partial charge on any atom is -0.301 e. The molecule has 0 spiro atoms. The zero-order chi connectivity index (χ0) is 17.7. The van der Waals surface area contributed by atoms with Gasteiger partial charge >= 0.3 is 0 Å². The third-order valence-corrected chi connectivity index (χ3v) is 6.19. The molecule has 0 aliphatic carbocycles. The zero-order valence-corrected chi connectivity index (χ0v) is 16.1. The van der Waals surface area contributed by atoms with Gasteiger partial charge in [-0.05, 0) is 6.42 Å². The van der Waals surface area contributed by atoms with E-state index in [2.05, 4.69) is 31.0 Å². The van der Waals surface area contributed by atoms with Crippen molar-refractivity contribution in [3.63, 3.8) is 0 Å². The second-order valence-corrected chi connectivity index (χ2v) is 8.59. The van der Waals surface area contributed by atoms with Crippen molar-refractivity contribution in [1.29, 1.82) is 0 Å². The molecule has 24 heavy (non-hydrogen) atoms. The van der Waals surface area contributed by atoms with Gasteiger partial charge in [-0.2, -0.15) is 0 Å². The van der Waals surface area contributed by atoms with Crippen LogP contribution in [0.2, 0.25) is 0 Å². The first-order valence-electron chi connectivity index (χ1n) is 7.31. The van der Waals surface area contributed by atoms with Crippen molar-refractivity contribution >= 4 is 56.5 Å². The second-order valence-electron chi connectivity index (χ2n) is 5.16. The highest BCUT2D eigenvalue weighted by molar-refractivity contribution is 8.02. The fourth-order valence-corrected chi connectivity index (χ4v) is 4.32. The van der Waals surface area contributed by atoms with E-state index < -0.39 is 0 Å². The largest absolute Gasteiger partial charge is 0.301 e. The number of carbonyl (C=O) groups excluding carboxylic acids is 2. The quantitative estimate of drug-likeness (QED) is 0.556. The number of aromatic nitrogens is 4. The third kappa shape index (κ3) is 5.21. The second kappa shape index (κ2) is 8.49. The Bertz CT molecular complexity index is 714. The third-order valence-electron chi connectivity index (χ3n) is 2.76. The van der Waals surface area contributed by atoms with Gasteiger partial charge in [0.15, 0.2) is 4.34 Å². The van der Waals surface area contributed by atoms with Crippen molar-refractivity contribution < 1.29 is 9.59 Å². The summed E-state index contributed by atoms with van der Waals surface area (Å²) in [4.78, 5) is 23.4. The van der Waals surface area contributed by atoms with Gasteiger partial charge in [-0.3, -0.25) is 14.9 Å². The number of carbonyl (C=O) groups is 2. The average Bonchev–Trinajstić information content (AvgIpc) is 3.13. The van der Waals surface area contributed by atoms with E-state index in [1.807, 2.05) is 20.8 Å². The topological polar surface area (TPSA) is 110 Å². The average molecular weight is 387 g/mol. The summed E-state index contributed by atoms with van der Waals surface area (Å²) < 4.78 is 0.626. The summed E-state index contributed by atoms with van der Waals surface area (Å²) in [6.07, 6.45) is 0.626. The molecule has 2 aromatic rings. The van der Waals surface area contributed by atoms with E-state index in [9.17, 15) is 9.59 Å². The molecule has 0 aliphatic rings. The number of rotatable bonds is 7. The fourth-order valence-electron chi connectivity index (χ4n) is 1.61. The van der Waals surface area contributed by atoms with Crippen LogP contribution in [-0.2, 0) is 9.59 Å². The summed E-state index contributed by atoms with van der Waals surface area (Å²) in [7, 11) is 0. The maximum atomic E-state index is 12.4. The number of hydrogen-bond donors (Lipinski definition) is 2. The highest BCUT2D eigenvalue weighted by Gasteiger charge is 2.22. The molecule has 0 aromatic carbocycles. The van der Waals surface area contributed by atoms with Gasteiger partial charge in [-0.15, -0.1) is 20.4 Å². The Labute approximate surface area is 151 Å². The van der Waals surface area contributed by atoms with E-state index in [4.69, 9.17) is 0 Å². The van der Waals surface area contributed by atoms with E-state index in [0.29, 0.717) is 21.0 Å². The molecular formula is C13H18N6O2S3. The van der Waals surface area contributed by atoms with Crippen LogP contribution in [0.25, 0.3) is 0 Å². The number of hydrogen-bond acceptors (Lipinski definition) is 9. The maximum Gasteiger partial charge on any atom is 0.239 e. The van der Waals surface area contributed by atoms with Crippen LogP contribution in [-0.4, -0.2) is 37.5 Å². The van der Waals surface area contributed by atoms with Crippen LogP contribution < -0.4 is 10.6 Å². The van der Waals surface area contributed by atoms with Gasteiger partial charge in [0, 0.05) is 12.8 Å². The summed E-state index contributed by atoms with van der Waals surface area (Å²) in [5.74, 6) is -0.0759. The highest BCUT2D eigenvalue weighted by Crippen LogP contribution is 2.31. The van der Waals surface area contributed by atoms with Crippen molar-refractivity contribution in [3.05, 3.63) is 5.01 Å². The number of thioether (sulfide) groups is 1. The van der Waals surface area contributed by atoms with Crippen LogP contribution >= 0.6 is 34.4 Å². The van der Waals surface area contributed by atoms with E-state index in [0.717, 1.165) is 5.01 Å². The molecule has 0 saturated heterocycles. The summed E-state index contributed by atoms with van der Waals surface area (Å²) >= 11 is 3.93. The Balaban J connectivity index is 1.97. The molecule has 8 nitrogen and oxygen atoms in total. The Hall–Kier alpha value is -1.59. The molecule has 2 heterocycles. The molecule has 11 heteroatoms. The SMILES string of the molecule is CCC(Sc1nnc(NC(C)=O)s1)C(=O)Nc1nnc(C(C)C)s1. The molecule has 0 radical (unpaired) electrons. The van der Waals surface area contributed by atoms with E-state index in [-0.39, 0.29) is 23.0 Å². The van der Waals surface area contributed by atoms with Crippen molar-refractivity contribution in [2.75, 3.05) is 10.6 Å². The molecule has 2 N–H and O–H groups in total. The predicted molar refractivity (Wildman–Crippen MR) is 96.8 cm³/mol. The molecule has 0 bridgehead atoms. The lowest BCUT2D eigenvalue weighted by molar-refractivity contribution is -0.116. The van der Waals surface area contributed by atoms with Gasteiger partial charge in [-0.25, -0.2) is 0 Å². The molecule has 1 atom stereocenters. The lowest BCUT2D eigenvalue weighted by Crippen LogP contribution is -2.24. The van der Waals surface area contributed by atoms with E-state index in [1.165, 1.54) is 41.4 Å². The Morgan fingerprint density at radius 2 is 1.75 bits per heavy atom. The number of anilines is 2. The van der Waals surface area contributed by atoms with Gasteiger partial charge in [0.2, 0.25) is 22.1 Å². The fraction of sp³-hybridized carbons (Fsp3) is 0.538. The number of amides is 2. The van der Waals surface area contributed by atoms with Crippen LogP contribution in [0, 0.1) is 0 Å². The van der Waals surface area contributed by atoms with Crippen molar-refractivity contribution in [2.45, 2.75) is 49.6 Å². The van der Waals surface area contributed by atoms with Gasteiger partial charge in [-0.1, -0.05) is 55.2 Å². The van der Waals surface area contributed by atoms with Crippen LogP contribution in [0.1, 0.15) is 45.0 Å². The van der Waals surface area contributed by atoms with Crippen molar-refractivity contribution in [3.8, 4) is 0 Å². The Morgan fingerprint density at radius 3 is 2.33 bits per heavy atom. The van der Waals surface area contributed by atoms with Crippen LogP contribution in [0.5, 0.6) is 0 Å². The van der Waals surface area contributed by atoms with Crippen molar-refractivity contribution in [1.82, 2.24) is 20.4 Å². The highest BCUT2D eigenvalue weighted by atomic mass is 32.2.